The molecule has 2 aromatic rings. The number of nitrogens with two attached hydrogens (primary N) is 1. The molecule has 1 fully saturated rings. The second kappa shape index (κ2) is 10.7. The Hall–Kier alpha value is -3.00. The Kier molecular flexibility index (Phi) is 8.29. The molecule has 1 aliphatic rings. The number of aryl methyl sites for hydroxylation is 1. The van der Waals surface area contributed by atoms with Gasteiger partial charge in [0.2, 0.25) is 0 Å². The Bertz CT molecular complexity index is 955. The summed E-state index contributed by atoms with van der Waals surface area (Å²) < 4.78 is 5.81. The van der Waals surface area contributed by atoms with Gasteiger partial charge in [0.1, 0.15) is 17.9 Å². The summed E-state index contributed by atoms with van der Waals surface area (Å²) in [4.78, 5) is 45.3. The second-order valence-corrected chi connectivity index (χ2v) is 7.03. The number of aromatic amines is 1. The van der Waals surface area contributed by atoms with Crippen LogP contribution in [0.3, 0.4) is 0 Å². The molecular weight excluding hydrogens is 384 g/mol. The molecule has 1 aliphatic heterocycles. The van der Waals surface area contributed by atoms with Gasteiger partial charge in [-0.2, -0.15) is 0 Å². The number of H-pyrrole nitrogens is 1. The molecule has 30 heavy (non-hydrogen) atoms. The monoisotopic (exact) mass is 414 g/mol. The van der Waals surface area contributed by atoms with Gasteiger partial charge >= 0.3 is 0 Å². The first-order chi connectivity index (χ1) is 14.5. The van der Waals surface area contributed by atoms with Crippen molar-refractivity contribution in [3.63, 3.8) is 0 Å². The van der Waals surface area contributed by atoms with Crippen molar-refractivity contribution in [3.8, 4) is 17.1 Å². The van der Waals surface area contributed by atoms with Crippen LogP contribution in [0.15, 0.2) is 23.0 Å². The van der Waals surface area contributed by atoms with Crippen LogP contribution in [0.4, 0.5) is 0 Å². The predicted molar refractivity (Wildman–Crippen MR) is 116 cm³/mol. The summed E-state index contributed by atoms with van der Waals surface area (Å²) in [6.07, 6.45) is 3.15. The Morgan fingerprint density at radius 1 is 1.37 bits per heavy atom. The average Bonchev–Trinajstić information content (AvgIpc) is 3.25. The largest absolute Gasteiger partial charge is 0.493 e. The third-order valence-electron chi connectivity index (χ3n) is 5.06. The Labute approximate surface area is 176 Å². The highest BCUT2D eigenvalue weighted by molar-refractivity contribution is 5.97. The van der Waals surface area contributed by atoms with E-state index in [9.17, 15) is 14.4 Å². The van der Waals surface area contributed by atoms with Crippen LogP contribution in [-0.4, -0.2) is 53.3 Å². The lowest BCUT2D eigenvalue weighted by atomic mass is 10.1. The Morgan fingerprint density at radius 3 is 2.73 bits per heavy atom. The van der Waals surface area contributed by atoms with E-state index in [4.69, 9.17) is 4.74 Å². The van der Waals surface area contributed by atoms with E-state index < -0.39 is 0 Å². The van der Waals surface area contributed by atoms with Crippen LogP contribution in [0.1, 0.15) is 47.8 Å². The number of hydrogen-bond donors (Lipinski definition) is 2. The number of hydrogen-bond acceptors (Lipinski definition) is 6. The van der Waals surface area contributed by atoms with Gasteiger partial charge in [-0.25, -0.2) is 4.98 Å². The Balaban J connectivity index is 0.00000155. The fraction of sp³-hybridized carbons (Fsp3) is 0.455. The van der Waals surface area contributed by atoms with Gasteiger partial charge in [-0.05, 0) is 58.4 Å². The molecule has 8 nitrogen and oxygen atoms in total. The molecule has 3 N–H and O–H groups in total. The molecule has 0 bridgehead atoms. The van der Waals surface area contributed by atoms with Gasteiger partial charge in [0.15, 0.2) is 0 Å². The molecule has 1 aromatic carbocycles. The molecule has 0 aliphatic carbocycles. The molecule has 1 saturated heterocycles. The van der Waals surface area contributed by atoms with E-state index in [1.807, 2.05) is 6.92 Å². The minimum absolute atomic E-state index is 0.205. The number of likely N-dealkylation sites (tertiary alicyclic amines) is 1. The smallest absolute Gasteiger partial charge is 0.254 e. The SMILES string of the molecule is CCCOc1ccc(C(=O)N2CCCC2C=O)cc1-c1nc(C)c(C)c(=O)[nH]1.CN. The summed E-state index contributed by atoms with van der Waals surface area (Å²) >= 11 is 0. The Morgan fingerprint density at radius 2 is 2.10 bits per heavy atom. The number of aldehydes is 1. The van der Waals surface area contributed by atoms with Gasteiger partial charge < -0.3 is 25.1 Å². The van der Waals surface area contributed by atoms with Gasteiger partial charge in [-0.3, -0.25) is 9.59 Å². The zero-order valence-electron chi connectivity index (χ0n) is 18.0. The molecule has 2 heterocycles. The van der Waals surface area contributed by atoms with Gasteiger partial charge in [-0.15, -0.1) is 0 Å². The van der Waals surface area contributed by atoms with E-state index >= 15 is 0 Å². The van der Waals surface area contributed by atoms with Crippen molar-refractivity contribution in [1.82, 2.24) is 14.9 Å². The van der Waals surface area contributed by atoms with Gasteiger partial charge in [-0.1, -0.05) is 6.92 Å². The van der Waals surface area contributed by atoms with Crippen molar-refractivity contribution in [2.45, 2.75) is 46.1 Å². The molecule has 1 atom stereocenters. The van der Waals surface area contributed by atoms with Crippen LogP contribution < -0.4 is 16.0 Å². The van der Waals surface area contributed by atoms with E-state index in [1.165, 1.54) is 7.05 Å². The standard InChI is InChI=1S/C21H25N3O4.CH5N/c1-4-10-28-18-8-7-15(21(27)24-9-5-6-16(24)12-25)11-17(18)19-22-14(3)13(2)20(26)23-19;1-2/h7-8,11-12,16H,4-6,9-10H2,1-3H3,(H,22,23,26);2H2,1H3. The minimum atomic E-state index is -0.383. The lowest BCUT2D eigenvalue weighted by Crippen LogP contribution is -2.36. The number of benzene rings is 1. The van der Waals surface area contributed by atoms with Crippen molar-refractivity contribution in [2.75, 3.05) is 20.2 Å². The second-order valence-electron chi connectivity index (χ2n) is 7.03. The van der Waals surface area contributed by atoms with E-state index in [-0.39, 0.29) is 17.5 Å². The van der Waals surface area contributed by atoms with E-state index in [2.05, 4.69) is 15.7 Å². The van der Waals surface area contributed by atoms with Crippen LogP contribution in [0.5, 0.6) is 5.75 Å². The molecule has 0 spiro atoms. The summed E-state index contributed by atoms with van der Waals surface area (Å²) in [5, 5.41) is 0. The lowest BCUT2D eigenvalue weighted by Gasteiger charge is -2.21. The fourth-order valence-electron chi connectivity index (χ4n) is 3.31. The average molecular weight is 415 g/mol. The number of aromatic nitrogens is 2. The van der Waals surface area contributed by atoms with E-state index in [0.717, 1.165) is 19.1 Å². The van der Waals surface area contributed by atoms with Crippen molar-refractivity contribution in [1.29, 1.82) is 0 Å². The number of carbonyl (C=O) groups is 2. The van der Waals surface area contributed by atoms with Crippen LogP contribution in [0, 0.1) is 13.8 Å². The number of rotatable bonds is 6. The molecule has 0 saturated carbocycles. The molecule has 3 rings (SSSR count). The van der Waals surface area contributed by atoms with Crippen LogP contribution >= 0.6 is 0 Å². The maximum atomic E-state index is 12.9. The summed E-state index contributed by atoms with van der Waals surface area (Å²) in [5.74, 6) is 0.712. The third kappa shape index (κ3) is 4.94. The van der Waals surface area contributed by atoms with Crippen LogP contribution in [0.25, 0.3) is 11.4 Å². The van der Waals surface area contributed by atoms with Gasteiger partial charge in [0.25, 0.3) is 11.5 Å². The molecular formula is C22H30N4O4. The molecule has 1 amide bonds. The highest BCUT2D eigenvalue weighted by atomic mass is 16.5. The molecule has 8 heteroatoms. The normalized spacial score (nSPS) is 15.4. The maximum Gasteiger partial charge on any atom is 0.254 e. The number of amides is 1. The topological polar surface area (TPSA) is 118 Å². The first-order valence-electron chi connectivity index (χ1n) is 10.1. The summed E-state index contributed by atoms with van der Waals surface area (Å²) in [5.41, 5.74) is 6.45. The number of nitrogens with one attached hydrogen (secondary N) is 1. The number of nitrogens with zero attached hydrogens (tertiary/aromatic N) is 2. The molecule has 162 valence electrons. The number of ether oxygens (including phenoxy) is 1. The van der Waals surface area contributed by atoms with Crippen molar-refractivity contribution in [2.24, 2.45) is 5.73 Å². The molecule has 1 unspecified atom stereocenters. The zero-order valence-corrected chi connectivity index (χ0v) is 18.0. The van der Waals surface area contributed by atoms with Crippen molar-refractivity contribution < 1.29 is 14.3 Å². The maximum absolute atomic E-state index is 12.9. The van der Waals surface area contributed by atoms with Crippen LogP contribution in [0.2, 0.25) is 0 Å². The number of carbonyl (C=O) groups excluding carboxylic acids is 2. The van der Waals surface area contributed by atoms with Crippen molar-refractivity contribution >= 4 is 12.2 Å². The fourth-order valence-corrected chi connectivity index (χ4v) is 3.31. The highest BCUT2D eigenvalue weighted by Gasteiger charge is 2.29. The third-order valence-corrected chi connectivity index (χ3v) is 5.06. The van der Waals surface area contributed by atoms with E-state index in [0.29, 0.717) is 53.5 Å². The van der Waals surface area contributed by atoms with Gasteiger partial charge in [0, 0.05) is 23.4 Å². The minimum Gasteiger partial charge on any atom is -0.493 e. The van der Waals surface area contributed by atoms with Crippen LogP contribution in [-0.2, 0) is 4.79 Å². The predicted octanol–water partition coefficient (Wildman–Crippen LogP) is 2.22. The first kappa shape index (κ1) is 23.3. The summed E-state index contributed by atoms with van der Waals surface area (Å²) in [7, 11) is 1.50. The lowest BCUT2D eigenvalue weighted by molar-refractivity contribution is -0.111. The quantitative estimate of drug-likeness (QED) is 0.700. The van der Waals surface area contributed by atoms with Gasteiger partial charge in [0.05, 0.1) is 18.2 Å². The van der Waals surface area contributed by atoms with E-state index in [1.54, 1.807) is 36.9 Å². The summed E-state index contributed by atoms with van der Waals surface area (Å²) in [6.45, 7) is 6.56. The summed E-state index contributed by atoms with van der Waals surface area (Å²) in [6, 6.07) is 4.71. The molecule has 0 radical (unpaired) electrons. The molecule has 1 aromatic heterocycles. The zero-order chi connectivity index (χ0) is 22.3. The van der Waals surface area contributed by atoms with Crippen molar-refractivity contribution in [3.05, 3.63) is 45.4 Å². The first-order valence-corrected chi connectivity index (χ1v) is 10.1. The highest BCUT2D eigenvalue weighted by Crippen LogP contribution is 2.30.